The molecule has 14 heteroatoms. The lowest BCUT2D eigenvalue weighted by molar-refractivity contribution is -0.154. The molecule has 11 nitrogen and oxygen atoms in total. The summed E-state index contributed by atoms with van der Waals surface area (Å²) in [6.45, 7) is 1.03. The van der Waals surface area contributed by atoms with E-state index in [0.29, 0.717) is 31.9 Å². The van der Waals surface area contributed by atoms with Crippen molar-refractivity contribution in [3.05, 3.63) is 53.6 Å². The zero-order valence-electron chi connectivity index (χ0n) is 21.7. The number of carbonyl (C=O) groups is 1. The second-order valence-corrected chi connectivity index (χ2v) is 8.65. The van der Waals surface area contributed by atoms with Gasteiger partial charge in [0.15, 0.2) is 6.61 Å². The second-order valence-electron chi connectivity index (χ2n) is 8.65. The smallest absolute Gasteiger partial charge is 0.422 e. The highest BCUT2D eigenvalue weighted by Crippen LogP contribution is 2.27. The number of alkyl halides is 3. The summed E-state index contributed by atoms with van der Waals surface area (Å²) in [6, 6.07) is 11.5. The Morgan fingerprint density at radius 1 is 0.975 bits per heavy atom. The minimum absolute atomic E-state index is 0.00713. The van der Waals surface area contributed by atoms with Crippen LogP contribution < -0.4 is 30.2 Å². The zero-order chi connectivity index (χ0) is 28.4. The van der Waals surface area contributed by atoms with Crippen LogP contribution in [0, 0.1) is 0 Å². The molecule has 0 radical (unpaired) electrons. The van der Waals surface area contributed by atoms with E-state index < -0.39 is 24.8 Å². The van der Waals surface area contributed by atoms with Crippen molar-refractivity contribution in [2.75, 3.05) is 50.7 Å². The molecular formula is C26H29F3N6O5. The number of rotatable bonds is 3. The minimum atomic E-state index is -4.58. The van der Waals surface area contributed by atoms with Crippen LogP contribution in [0.1, 0.15) is 28.8 Å². The molecule has 0 saturated heterocycles. The van der Waals surface area contributed by atoms with Crippen LogP contribution in [0.4, 0.5) is 30.8 Å². The molecule has 3 N–H and O–H groups in total. The van der Waals surface area contributed by atoms with Crippen molar-refractivity contribution in [1.82, 2.24) is 20.3 Å². The number of halogens is 3. The monoisotopic (exact) mass is 562 g/mol. The average Bonchev–Trinajstić information content (AvgIpc) is 2.93. The summed E-state index contributed by atoms with van der Waals surface area (Å²) in [5.74, 6) is 0.310. The molecule has 40 heavy (non-hydrogen) atoms. The van der Waals surface area contributed by atoms with E-state index in [-0.39, 0.29) is 29.8 Å². The summed E-state index contributed by atoms with van der Waals surface area (Å²) < 4.78 is 59.6. The van der Waals surface area contributed by atoms with Gasteiger partial charge in [-0.15, -0.1) is 0 Å². The Bertz CT molecular complexity index is 1280. The van der Waals surface area contributed by atoms with Crippen molar-refractivity contribution < 1.29 is 36.9 Å². The number of esters is 1. The Labute approximate surface area is 228 Å². The molecule has 214 valence electrons. The largest absolute Gasteiger partial charge is 0.494 e. The van der Waals surface area contributed by atoms with Gasteiger partial charge >= 0.3 is 18.2 Å². The molecule has 0 atom stereocenters. The summed E-state index contributed by atoms with van der Waals surface area (Å²) in [7, 11) is 1.26. The number of fused-ring (bicyclic) bond motifs is 11. The van der Waals surface area contributed by atoms with Gasteiger partial charge in [-0.1, -0.05) is 12.1 Å². The maximum Gasteiger partial charge on any atom is 0.422 e. The summed E-state index contributed by atoms with van der Waals surface area (Å²) in [5.41, 5.74) is 1.49. The van der Waals surface area contributed by atoms with Crippen LogP contribution in [0.3, 0.4) is 0 Å². The maximum atomic E-state index is 12.8. The van der Waals surface area contributed by atoms with E-state index in [1.807, 2.05) is 24.3 Å². The molecule has 2 aliphatic heterocycles. The standard InChI is InChI=1S/C26H29F3N6O5/c1-37-22(36)20-9-6-18-14-21(20)39-13-3-11-30-10-2-12-38-19-7-4-17(5-8-19)15-31-23-33-24(32-18)35-25(34-23)40-16-26(27,28)29/h4-9,14,30H,2-3,10-13,15-16H2,1H3,(H2,31,32,33,34,35). The normalized spacial score (nSPS) is 14.7. The molecule has 0 unspecified atom stereocenters. The number of hydrogen-bond acceptors (Lipinski definition) is 11. The quantitative estimate of drug-likeness (QED) is 0.399. The molecule has 0 aliphatic carbocycles. The van der Waals surface area contributed by atoms with Crippen LogP contribution in [-0.2, 0) is 11.3 Å². The molecule has 2 aliphatic rings. The number of carbonyl (C=O) groups excluding carboxylic acids is 1. The molecule has 1 aromatic heterocycles. The van der Waals surface area contributed by atoms with Gasteiger partial charge in [0.1, 0.15) is 17.1 Å². The fraction of sp³-hybridized carbons (Fsp3) is 0.385. The van der Waals surface area contributed by atoms with E-state index in [0.717, 1.165) is 24.3 Å². The van der Waals surface area contributed by atoms with Gasteiger partial charge in [0.05, 0.1) is 20.3 Å². The van der Waals surface area contributed by atoms with Crippen molar-refractivity contribution in [1.29, 1.82) is 0 Å². The SMILES string of the molecule is COC(=O)c1ccc2cc1OCCCNCCCOc1ccc(cc1)CNc1nc(nc(OCC(F)(F)F)n1)N2. The third kappa shape index (κ3) is 8.86. The van der Waals surface area contributed by atoms with Gasteiger partial charge < -0.3 is 34.9 Å². The molecule has 2 aromatic carbocycles. The number of anilines is 3. The van der Waals surface area contributed by atoms with Crippen molar-refractivity contribution in [2.45, 2.75) is 25.6 Å². The van der Waals surface area contributed by atoms with E-state index >= 15 is 0 Å². The van der Waals surface area contributed by atoms with E-state index in [1.165, 1.54) is 13.2 Å². The van der Waals surface area contributed by atoms with Crippen LogP contribution >= 0.6 is 0 Å². The summed E-state index contributed by atoms with van der Waals surface area (Å²) >= 11 is 0. The average molecular weight is 563 g/mol. The van der Waals surface area contributed by atoms with Gasteiger partial charge in [-0.2, -0.15) is 28.1 Å². The van der Waals surface area contributed by atoms with E-state index in [9.17, 15) is 18.0 Å². The van der Waals surface area contributed by atoms with Gasteiger partial charge in [-0.25, -0.2) is 4.79 Å². The molecule has 0 saturated carbocycles. The van der Waals surface area contributed by atoms with Crippen molar-refractivity contribution in [2.24, 2.45) is 0 Å². The number of nitrogens with one attached hydrogen (secondary N) is 3. The number of hydrogen-bond donors (Lipinski definition) is 3. The van der Waals surface area contributed by atoms with Crippen LogP contribution in [0.15, 0.2) is 42.5 Å². The Morgan fingerprint density at radius 2 is 1.70 bits per heavy atom. The lowest BCUT2D eigenvalue weighted by Crippen LogP contribution is -2.21. The Kier molecular flexibility index (Phi) is 9.78. The third-order valence-electron chi connectivity index (χ3n) is 5.52. The summed E-state index contributed by atoms with van der Waals surface area (Å²) in [4.78, 5) is 24.4. The van der Waals surface area contributed by atoms with Crippen molar-refractivity contribution in [3.8, 4) is 17.5 Å². The van der Waals surface area contributed by atoms with Crippen LogP contribution in [0.2, 0.25) is 0 Å². The molecule has 0 spiro atoms. The number of benzene rings is 2. The molecule has 3 aromatic rings. The van der Waals surface area contributed by atoms with Gasteiger partial charge in [0.2, 0.25) is 11.9 Å². The molecule has 6 bridgehead atoms. The van der Waals surface area contributed by atoms with Crippen LogP contribution in [-0.4, -0.2) is 67.1 Å². The second kappa shape index (κ2) is 13.6. The van der Waals surface area contributed by atoms with Gasteiger partial charge in [-0.05, 0) is 55.8 Å². The first-order chi connectivity index (χ1) is 19.3. The highest BCUT2D eigenvalue weighted by molar-refractivity contribution is 5.93. The first-order valence-corrected chi connectivity index (χ1v) is 12.5. The van der Waals surface area contributed by atoms with Gasteiger partial charge in [0.25, 0.3) is 0 Å². The predicted octanol–water partition coefficient (Wildman–Crippen LogP) is 4.10. The van der Waals surface area contributed by atoms with Crippen molar-refractivity contribution >= 4 is 23.6 Å². The Hall–Kier alpha value is -4.33. The summed E-state index contributed by atoms with van der Waals surface area (Å²) in [6.07, 6.45) is -3.10. The van der Waals surface area contributed by atoms with Gasteiger partial charge in [0, 0.05) is 18.3 Å². The van der Waals surface area contributed by atoms with Crippen LogP contribution in [0.5, 0.6) is 17.5 Å². The Balaban J connectivity index is 1.62. The molecular weight excluding hydrogens is 533 g/mol. The highest BCUT2D eigenvalue weighted by atomic mass is 19.4. The van der Waals surface area contributed by atoms with E-state index in [1.54, 1.807) is 12.1 Å². The van der Waals surface area contributed by atoms with E-state index in [4.69, 9.17) is 18.9 Å². The molecule has 0 fully saturated rings. The topological polar surface area (TPSA) is 129 Å². The molecule has 0 amide bonds. The number of nitrogens with zero attached hydrogens (tertiary/aromatic N) is 3. The first-order valence-electron chi connectivity index (χ1n) is 12.5. The van der Waals surface area contributed by atoms with Gasteiger partial charge in [-0.3, -0.25) is 0 Å². The fourth-order valence-electron chi connectivity index (χ4n) is 3.61. The number of ether oxygens (including phenoxy) is 4. The molecule has 5 rings (SSSR count). The van der Waals surface area contributed by atoms with E-state index in [2.05, 4.69) is 30.9 Å². The van der Waals surface area contributed by atoms with Crippen LogP contribution in [0.25, 0.3) is 0 Å². The van der Waals surface area contributed by atoms with Crippen molar-refractivity contribution in [3.63, 3.8) is 0 Å². The third-order valence-corrected chi connectivity index (χ3v) is 5.52. The Morgan fingerprint density at radius 3 is 2.42 bits per heavy atom. The minimum Gasteiger partial charge on any atom is -0.494 e. The first kappa shape index (κ1) is 28.7. The molecule has 3 heterocycles. The lowest BCUT2D eigenvalue weighted by Gasteiger charge is -2.15. The summed E-state index contributed by atoms with van der Waals surface area (Å²) in [5, 5.41) is 9.21. The lowest BCUT2D eigenvalue weighted by atomic mass is 10.2. The number of aromatic nitrogens is 3. The maximum absolute atomic E-state index is 12.8. The fourth-order valence-corrected chi connectivity index (χ4v) is 3.61. The zero-order valence-corrected chi connectivity index (χ0v) is 21.7. The predicted molar refractivity (Wildman–Crippen MR) is 139 cm³/mol. The highest BCUT2D eigenvalue weighted by Gasteiger charge is 2.29. The number of methoxy groups -OCH3 is 1.